The number of ether oxygens (including phenoxy) is 1. The van der Waals surface area contributed by atoms with Crippen molar-refractivity contribution in [1.82, 2.24) is 10.2 Å². The summed E-state index contributed by atoms with van der Waals surface area (Å²) >= 11 is 0. The van der Waals surface area contributed by atoms with Crippen LogP contribution in [0.25, 0.3) is 0 Å². The lowest BCUT2D eigenvalue weighted by Crippen LogP contribution is -2.58. The van der Waals surface area contributed by atoms with E-state index in [1.54, 1.807) is 20.8 Å². The molecular weight excluding hydrogens is 210 g/mol. The molecule has 1 aliphatic rings. The summed E-state index contributed by atoms with van der Waals surface area (Å²) < 4.78 is 5.21. The molecular formula is C10H19N3O3. The highest BCUT2D eigenvalue weighted by molar-refractivity contribution is 5.81. The van der Waals surface area contributed by atoms with Crippen molar-refractivity contribution < 1.29 is 14.3 Å². The lowest BCUT2D eigenvalue weighted by atomic mass is 10.2. The summed E-state index contributed by atoms with van der Waals surface area (Å²) in [4.78, 5) is 24.2. The van der Waals surface area contributed by atoms with E-state index in [2.05, 4.69) is 5.32 Å². The molecule has 1 fully saturated rings. The monoisotopic (exact) mass is 229 g/mol. The number of rotatable bonds is 1. The van der Waals surface area contributed by atoms with Gasteiger partial charge >= 0.3 is 6.09 Å². The number of hydrogen-bond donors (Lipinski definition) is 2. The molecule has 0 aromatic rings. The van der Waals surface area contributed by atoms with Gasteiger partial charge in [-0.05, 0) is 20.8 Å². The fourth-order valence-corrected chi connectivity index (χ4v) is 1.43. The maximum atomic E-state index is 11.7. The first-order valence-electron chi connectivity index (χ1n) is 5.30. The Morgan fingerprint density at radius 2 is 2.06 bits per heavy atom. The van der Waals surface area contributed by atoms with Gasteiger partial charge in [0, 0.05) is 19.6 Å². The Balaban J connectivity index is 2.54. The van der Waals surface area contributed by atoms with Gasteiger partial charge in [-0.1, -0.05) is 0 Å². The van der Waals surface area contributed by atoms with Crippen molar-refractivity contribution in [2.24, 2.45) is 5.73 Å². The van der Waals surface area contributed by atoms with Crippen LogP contribution in [0.2, 0.25) is 0 Å². The number of primary amides is 1. The molecule has 92 valence electrons. The zero-order chi connectivity index (χ0) is 12.3. The third kappa shape index (κ3) is 3.69. The van der Waals surface area contributed by atoms with Gasteiger partial charge in [-0.15, -0.1) is 0 Å². The molecule has 1 rings (SSSR count). The predicted molar refractivity (Wildman–Crippen MR) is 58.8 cm³/mol. The predicted octanol–water partition coefficient (Wildman–Crippen LogP) is -0.319. The van der Waals surface area contributed by atoms with Crippen molar-refractivity contribution in [2.45, 2.75) is 32.4 Å². The van der Waals surface area contributed by atoms with Crippen molar-refractivity contribution in [3.63, 3.8) is 0 Å². The first-order chi connectivity index (χ1) is 7.29. The SMILES string of the molecule is CC(C)(C)OC(=O)N1CCN[C@H](C(N)=O)C1. The number of piperazine rings is 1. The van der Waals surface area contributed by atoms with Crippen LogP contribution in [0, 0.1) is 0 Å². The van der Waals surface area contributed by atoms with Gasteiger partial charge in [-0.3, -0.25) is 4.79 Å². The summed E-state index contributed by atoms with van der Waals surface area (Å²) in [6.45, 7) is 6.76. The van der Waals surface area contributed by atoms with Crippen LogP contribution in [0.3, 0.4) is 0 Å². The molecule has 0 aromatic heterocycles. The van der Waals surface area contributed by atoms with Crippen molar-refractivity contribution in [1.29, 1.82) is 0 Å². The van der Waals surface area contributed by atoms with Gasteiger partial charge < -0.3 is 20.7 Å². The normalized spacial score (nSPS) is 21.7. The molecule has 0 bridgehead atoms. The molecule has 1 atom stereocenters. The van der Waals surface area contributed by atoms with Crippen molar-refractivity contribution >= 4 is 12.0 Å². The summed E-state index contributed by atoms with van der Waals surface area (Å²) in [6, 6.07) is -0.485. The molecule has 3 N–H and O–H groups in total. The average molecular weight is 229 g/mol. The second-order valence-electron chi connectivity index (χ2n) is 4.84. The number of nitrogens with two attached hydrogens (primary N) is 1. The molecule has 6 nitrogen and oxygen atoms in total. The lowest BCUT2D eigenvalue weighted by Gasteiger charge is -2.33. The number of amides is 2. The summed E-state index contributed by atoms with van der Waals surface area (Å²) in [5.74, 6) is -0.451. The number of nitrogens with zero attached hydrogens (tertiary/aromatic N) is 1. The largest absolute Gasteiger partial charge is 0.444 e. The van der Waals surface area contributed by atoms with Crippen LogP contribution in [0.15, 0.2) is 0 Å². The van der Waals surface area contributed by atoms with Crippen LogP contribution in [0.5, 0.6) is 0 Å². The first kappa shape index (κ1) is 12.8. The Hall–Kier alpha value is -1.30. The molecule has 0 aromatic carbocycles. The van der Waals surface area contributed by atoms with Crippen molar-refractivity contribution in [3.05, 3.63) is 0 Å². The maximum absolute atomic E-state index is 11.7. The minimum Gasteiger partial charge on any atom is -0.444 e. The summed E-state index contributed by atoms with van der Waals surface area (Å²) in [5.41, 5.74) is 4.65. The number of nitrogens with one attached hydrogen (secondary N) is 1. The number of carbonyl (C=O) groups excluding carboxylic acids is 2. The van der Waals surface area contributed by atoms with Gasteiger partial charge in [0.15, 0.2) is 0 Å². The molecule has 6 heteroatoms. The molecule has 1 aliphatic heterocycles. The van der Waals surface area contributed by atoms with E-state index in [0.717, 1.165) is 0 Å². The van der Waals surface area contributed by atoms with E-state index >= 15 is 0 Å². The second kappa shape index (κ2) is 4.69. The molecule has 16 heavy (non-hydrogen) atoms. The Morgan fingerprint density at radius 3 is 2.56 bits per heavy atom. The molecule has 0 saturated carbocycles. The van der Waals surface area contributed by atoms with E-state index in [1.165, 1.54) is 4.90 Å². The highest BCUT2D eigenvalue weighted by Crippen LogP contribution is 2.11. The Morgan fingerprint density at radius 1 is 1.44 bits per heavy atom. The highest BCUT2D eigenvalue weighted by atomic mass is 16.6. The van der Waals surface area contributed by atoms with Gasteiger partial charge in [0.2, 0.25) is 5.91 Å². The minimum atomic E-state index is -0.524. The van der Waals surface area contributed by atoms with Crippen LogP contribution in [-0.4, -0.2) is 48.2 Å². The second-order valence-corrected chi connectivity index (χ2v) is 4.84. The quantitative estimate of drug-likeness (QED) is 0.645. The topological polar surface area (TPSA) is 84.7 Å². The standard InChI is InChI=1S/C10H19N3O3/c1-10(2,3)16-9(15)13-5-4-12-7(6-13)8(11)14/h7,12H,4-6H2,1-3H3,(H2,11,14)/t7-/m0/s1. The molecule has 2 amide bonds. The molecule has 0 unspecified atom stereocenters. The van der Waals surface area contributed by atoms with E-state index in [-0.39, 0.29) is 6.54 Å². The molecule has 1 heterocycles. The van der Waals surface area contributed by atoms with Gasteiger partial charge in [-0.2, -0.15) is 0 Å². The van der Waals surface area contributed by atoms with Crippen LogP contribution in [0.4, 0.5) is 4.79 Å². The summed E-state index contributed by atoms with van der Waals surface area (Å²) in [6.07, 6.45) is -0.403. The third-order valence-electron chi connectivity index (χ3n) is 2.17. The van der Waals surface area contributed by atoms with Gasteiger partial charge in [0.05, 0.1) is 0 Å². The zero-order valence-electron chi connectivity index (χ0n) is 9.95. The average Bonchev–Trinajstić information content (AvgIpc) is 2.15. The number of carbonyl (C=O) groups is 2. The van der Waals surface area contributed by atoms with E-state index in [1.807, 2.05) is 0 Å². The molecule has 0 aliphatic carbocycles. The Bertz CT molecular complexity index is 286. The Kier molecular flexibility index (Phi) is 3.74. The van der Waals surface area contributed by atoms with Gasteiger partial charge in [-0.25, -0.2) is 4.79 Å². The van der Waals surface area contributed by atoms with E-state index in [0.29, 0.717) is 13.1 Å². The zero-order valence-corrected chi connectivity index (χ0v) is 9.95. The fraction of sp³-hybridized carbons (Fsp3) is 0.800. The smallest absolute Gasteiger partial charge is 0.410 e. The van der Waals surface area contributed by atoms with Crippen LogP contribution < -0.4 is 11.1 Å². The van der Waals surface area contributed by atoms with Crippen LogP contribution in [0.1, 0.15) is 20.8 Å². The van der Waals surface area contributed by atoms with E-state index < -0.39 is 23.6 Å². The maximum Gasteiger partial charge on any atom is 0.410 e. The van der Waals surface area contributed by atoms with Crippen molar-refractivity contribution in [2.75, 3.05) is 19.6 Å². The first-order valence-corrected chi connectivity index (χ1v) is 5.30. The van der Waals surface area contributed by atoms with Crippen LogP contribution >= 0.6 is 0 Å². The fourth-order valence-electron chi connectivity index (χ4n) is 1.43. The minimum absolute atomic E-state index is 0.268. The summed E-state index contributed by atoms with van der Waals surface area (Å²) in [5, 5.41) is 2.94. The molecule has 0 spiro atoms. The van der Waals surface area contributed by atoms with Crippen molar-refractivity contribution in [3.8, 4) is 0 Å². The molecule has 0 radical (unpaired) electrons. The molecule has 1 saturated heterocycles. The van der Waals surface area contributed by atoms with E-state index in [4.69, 9.17) is 10.5 Å². The number of hydrogen-bond acceptors (Lipinski definition) is 4. The summed E-state index contributed by atoms with van der Waals surface area (Å²) in [7, 11) is 0. The third-order valence-corrected chi connectivity index (χ3v) is 2.17. The van der Waals surface area contributed by atoms with Gasteiger partial charge in [0.1, 0.15) is 11.6 Å². The van der Waals surface area contributed by atoms with Crippen LogP contribution in [-0.2, 0) is 9.53 Å². The van der Waals surface area contributed by atoms with E-state index in [9.17, 15) is 9.59 Å². The Labute approximate surface area is 95.1 Å². The lowest BCUT2D eigenvalue weighted by molar-refractivity contribution is -0.120. The highest BCUT2D eigenvalue weighted by Gasteiger charge is 2.29. The van der Waals surface area contributed by atoms with Gasteiger partial charge in [0.25, 0.3) is 0 Å².